The van der Waals surface area contributed by atoms with Gasteiger partial charge < -0.3 is 0 Å². The van der Waals surface area contributed by atoms with Crippen LogP contribution in [-0.2, 0) is 0 Å². The van der Waals surface area contributed by atoms with E-state index in [1.54, 1.807) is 0 Å². The van der Waals surface area contributed by atoms with Gasteiger partial charge in [-0.1, -0.05) is 141 Å². The fourth-order valence-electron chi connectivity index (χ4n) is 4.59. The highest BCUT2D eigenvalue weighted by atomic mass is 14.1. The van der Waals surface area contributed by atoms with Crippen LogP contribution in [0, 0.1) is 6.92 Å². The van der Waals surface area contributed by atoms with Crippen LogP contribution in [0.1, 0.15) is 5.56 Å². The number of benzene rings is 4. The van der Waals surface area contributed by atoms with Crippen molar-refractivity contribution in [2.24, 2.45) is 0 Å². The van der Waals surface area contributed by atoms with Crippen molar-refractivity contribution in [1.29, 1.82) is 0 Å². The van der Waals surface area contributed by atoms with Gasteiger partial charge >= 0.3 is 0 Å². The van der Waals surface area contributed by atoms with Crippen LogP contribution in [0.2, 0.25) is 0 Å². The van der Waals surface area contributed by atoms with Gasteiger partial charge in [-0.05, 0) is 6.92 Å². The first kappa shape index (κ1) is 16.2. The first-order valence-corrected chi connectivity index (χ1v) is 9.62. The molecule has 27 heavy (non-hydrogen) atoms. The van der Waals surface area contributed by atoms with Gasteiger partial charge in [0.1, 0.15) is 0 Å². The molecule has 0 saturated carbocycles. The van der Waals surface area contributed by atoms with Crippen molar-refractivity contribution in [2.45, 2.75) is 6.92 Å². The quantitative estimate of drug-likeness (QED) is 0.425. The highest BCUT2D eigenvalue weighted by Crippen LogP contribution is 2.04. The first-order chi connectivity index (χ1) is 13.3. The molecule has 0 spiro atoms. The Balaban J connectivity index is 1.82. The zero-order valence-corrected chi connectivity index (χ0v) is 15.5. The average molecular weight is 342 g/mol. The third-order valence-electron chi connectivity index (χ3n) is 5.75. The zero-order chi connectivity index (χ0) is 18.2. The summed E-state index contributed by atoms with van der Waals surface area (Å²) in [5, 5.41) is 0. The zero-order valence-electron chi connectivity index (χ0n) is 15.5. The predicted octanol–water partition coefficient (Wildman–Crippen LogP) is 1.34. The highest BCUT2D eigenvalue weighted by Gasteiger charge is 2.37. The lowest BCUT2D eigenvalue weighted by atomic mass is 9.21. The molecule has 0 aromatic heterocycles. The van der Waals surface area contributed by atoms with E-state index in [1.165, 1.54) is 38.3 Å². The van der Waals surface area contributed by atoms with Crippen molar-refractivity contribution in [3.8, 4) is 0 Å². The van der Waals surface area contributed by atoms with Gasteiger partial charge in [-0.3, -0.25) is 0 Å². The smallest absolute Gasteiger partial charge is 0.0733 e. The lowest BCUT2D eigenvalue weighted by Crippen LogP contribution is -2.75. The molecule has 0 saturated heterocycles. The molecule has 0 N–H and O–H groups in total. The molecule has 126 valence electrons. The fourth-order valence-corrected chi connectivity index (χ4v) is 4.59. The van der Waals surface area contributed by atoms with Gasteiger partial charge in [-0.15, -0.1) is 0 Å². The minimum Gasteiger partial charge on any atom is -0.0733 e. The SMILES string of the molecule is Cc1ccc2c(c1)B(c1ccccc1)c1ccccc1B2c1ccccc1. The van der Waals surface area contributed by atoms with Crippen LogP contribution in [-0.4, -0.2) is 13.4 Å². The molecule has 0 radical (unpaired) electrons. The molecule has 0 nitrogen and oxygen atoms in total. The number of hydrogen-bond donors (Lipinski definition) is 0. The molecule has 0 atom stereocenters. The topological polar surface area (TPSA) is 0 Å². The normalized spacial score (nSPS) is 12.5. The maximum atomic E-state index is 2.39. The predicted molar refractivity (Wildman–Crippen MR) is 120 cm³/mol. The molecule has 4 aromatic rings. The molecule has 0 bridgehead atoms. The second kappa shape index (κ2) is 6.63. The van der Waals surface area contributed by atoms with Crippen molar-refractivity contribution >= 4 is 46.2 Å². The van der Waals surface area contributed by atoms with E-state index in [-0.39, 0.29) is 13.4 Å². The van der Waals surface area contributed by atoms with Crippen LogP contribution < -0.4 is 32.8 Å². The van der Waals surface area contributed by atoms with Crippen molar-refractivity contribution in [3.05, 3.63) is 109 Å². The van der Waals surface area contributed by atoms with E-state index in [0.29, 0.717) is 0 Å². The van der Waals surface area contributed by atoms with Crippen molar-refractivity contribution in [3.63, 3.8) is 0 Å². The van der Waals surface area contributed by atoms with Gasteiger partial charge in [0.25, 0.3) is 0 Å². The first-order valence-electron chi connectivity index (χ1n) is 9.62. The second-order valence-corrected chi connectivity index (χ2v) is 7.45. The molecule has 0 unspecified atom stereocenters. The lowest BCUT2D eigenvalue weighted by molar-refractivity contribution is 1.50. The molecule has 2 heteroatoms. The van der Waals surface area contributed by atoms with Crippen LogP contribution >= 0.6 is 0 Å². The molecule has 1 aliphatic rings. The third kappa shape index (κ3) is 2.73. The van der Waals surface area contributed by atoms with E-state index in [4.69, 9.17) is 0 Å². The number of hydrogen-bond acceptors (Lipinski definition) is 0. The standard InChI is InChI=1S/C25H20B2/c1-19-16-17-24-25(18-19)27(21-12-6-3-7-13-21)23-15-9-8-14-22(23)26(24)20-10-4-2-5-11-20/h2-18H,1H3. The van der Waals surface area contributed by atoms with Crippen LogP contribution in [0.5, 0.6) is 0 Å². The van der Waals surface area contributed by atoms with Crippen molar-refractivity contribution < 1.29 is 0 Å². The second-order valence-electron chi connectivity index (χ2n) is 7.45. The Hall–Kier alpha value is -2.99. The number of fused-ring (bicyclic) bond motifs is 2. The summed E-state index contributed by atoms with van der Waals surface area (Å²) in [4.78, 5) is 0. The minimum atomic E-state index is 0.289. The van der Waals surface area contributed by atoms with Gasteiger partial charge in [0.2, 0.25) is 13.4 Å². The van der Waals surface area contributed by atoms with E-state index in [0.717, 1.165) is 0 Å². The van der Waals surface area contributed by atoms with Gasteiger partial charge in [0.05, 0.1) is 0 Å². The van der Waals surface area contributed by atoms with Gasteiger partial charge in [0.15, 0.2) is 0 Å². The summed E-state index contributed by atoms with van der Waals surface area (Å²) in [6, 6.07) is 37.8. The van der Waals surface area contributed by atoms with Crippen LogP contribution in [0.4, 0.5) is 0 Å². The summed E-state index contributed by atoms with van der Waals surface area (Å²) >= 11 is 0. The van der Waals surface area contributed by atoms with E-state index in [2.05, 4.69) is 110 Å². The Bertz CT molecular complexity index is 1090. The van der Waals surface area contributed by atoms with Crippen molar-refractivity contribution in [1.82, 2.24) is 0 Å². The van der Waals surface area contributed by atoms with Crippen LogP contribution in [0.15, 0.2) is 103 Å². The Morgan fingerprint density at radius 2 is 0.889 bits per heavy atom. The minimum absolute atomic E-state index is 0.289. The molecule has 1 aliphatic heterocycles. The maximum Gasteiger partial charge on any atom is 0.240 e. The summed E-state index contributed by atoms with van der Waals surface area (Å²) in [5.74, 6) is 0. The van der Waals surface area contributed by atoms with Gasteiger partial charge in [0, 0.05) is 0 Å². The molecule has 0 fully saturated rings. The fraction of sp³-hybridized carbons (Fsp3) is 0.0400. The summed E-state index contributed by atoms with van der Waals surface area (Å²) < 4.78 is 0. The van der Waals surface area contributed by atoms with E-state index in [1.807, 2.05) is 0 Å². The lowest BCUT2D eigenvalue weighted by Gasteiger charge is -2.32. The monoisotopic (exact) mass is 342 g/mol. The molecule has 4 aromatic carbocycles. The van der Waals surface area contributed by atoms with E-state index < -0.39 is 0 Å². The van der Waals surface area contributed by atoms with Gasteiger partial charge in [-0.25, -0.2) is 0 Å². The van der Waals surface area contributed by atoms with Crippen LogP contribution in [0.25, 0.3) is 0 Å². The summed E-state index contributed by atoms with van der Waals surface area (Å²) in [7, 11) is 0. The molecular weight excluding hydrogens is 322 g/mol. The maximum absolute atomic E-state index is 2.39. The summed E-state index contributed by atoms with van der Waals surface area (Å²) in [6.45, 7) is 2.77. The van der Waals surface area contributed by atoms with Gasteiger partial charge in [-0.2, -0.15) is 0 Å². The number of rotatable bonds is 2. The highest BCUT2D eigenvalue weighted by molar-refractivity contribution is 7.11. The molecule has 0 aliphatic carbocycles. The molecule has 5 rings (SSSR count). The van der Waals surface area contributed by atoms with E-state index >= 15 is 0 Å². The number of aryl methyl sites for hydroxylation is 1. The Labute approximate surface area is 162 Å². The Kier molecular flexibility index (Phi) is 3.98. The largest absolute Gasteiger partial charge is 0.240 e. The van der Waals surface area contributed by atoms with E-state index in [9.17, 15) is 0 Å². The molecule has 1 heterocycles. The summed E-state index contributed by atoms with van der Waals surface area (Å²) in [6.07, 6.45) is 0. The molecular formula is C25H20B2. The van der Waals surface area contributed by atoms with Crippen LogP contribution in [0.3, 0.4) is 0 Å². The average Bonchev–Trinajstić information content (AvgIpc) is 2.73. The third-order valence-corrected chi connectivity index (χ3v) is 5.75. The Morgan fingerprint density at radius 1 is 0.444 bits per heavy atom. The Morgan fingerprint density at radius 3 is 1.44 bits per heavy atom. The summed E-state index contributed by atoms with van der Waals surface area (Å²) in [5.41, 5.74) is 9.77. The molecule has 0 amide bonds. The van der Waals surface area contributed by atoms with Crippen molar-refractivity contribution in [2.75, 3.05) is 0 Å².